The van der Waals surface area contributed by atoms with E-state index in [1.807, 2.05) is 29.7 Å². The lowest BCUT2D eigenvalue weighted by atomic mass is 10.2. The molecule has 26 heavy (non-hydrogen) atoms. The van der Waals surface area contributed by atoms with Crippen LogP contribution in [0.25, 0.3) is 10.2 Å². The van der Waals surface area contributed by atoms with Gasteiger partial charge in [0.15, 0.2) is 16.3 Å². The summed E-state index contributed by atoms with van der Waals surface area (Å²) in [6.45, 7) is 3.71. The van der Waals surface area contributed by atoms with Crippen LogP contribution in [-0.2, 0) is 6.54 Å². The Kier molecular flexibility index (Phi) is 4.38. The maximum absolute atomic E-state index is 12.7. The van der Waals surface area contributed by atoms with Crippen molar-refractivity contribution in [2.24, 2.45) is 4.99 Å². The maximum Gasteiger partial charge on any atom is 0.279 e. The third kappa shape index (κ3) is 2.84. The van der Waals surface area contributed by atoms with E-state index >= 15 is 0 Å². The number of aryl methyl sites for hydroxylation is 1. The summed E-state index contributed by atoms with van der Waals surface area (Å²) in [5.74, 6) is 1.70. The van der Waals surface area contributed by atoms with Gasteiger partial charge in [-0.25, -0.2) is 0 Å². The number of fused-ring (bicyclic) bond motifs is 2. The quantitative estimate of drug-likeness (QED) is 0.710. The van der Waals surface area contributed by atoms with Gasteiger partial charge >= 0.3 is 0 Å². The number of rotatable bonds is 3. The number of hydrogen-bond donors (Lipinski definition) is 0. The number of thiazole rings is 1. The average Bonchev–Trinajstić information content (AvgIpc) is 3.04. The number of amides is 1. The van der Waals surface area contributed by atoms with Crippen LogP contribution in [0.5, 0.6) is 17.2 Å². The summed E-state index contributed by atoms with van der Waals surface area (Å²) in [7, 11) is 1.64. The number of benzene rings is 2. The third-order valence-corrected chi connectivity index (χ3v) is 5.23. The summed E-state index contributed by atoms with van der Waals surface area (Å²) in [5, 5.41) is 0. The molecule has 1 aliphatic heterocycles. The molecule has 0 N–H and O–H groups in total. The molecule has 7 heteroatoms. The maximum atomic E-state index is 12.7. The Balaban J connectivity index is 1.79. The van der Waals surface area contributed by atoms with E-state index < -0.39 is 0 Å². The molecular weight excluding hydrogens is 352 g/mol. The van der Waals surface area contributed by atoms with Gasteiger partial charge in [0.25, 0.3) is 5.91 Å². The SMILES string of the molecule is CCn1c(=NC(=O)c2ccc3c(c2)OCCO3)sc2cccc(OC)c21. The van der Waals surface area contributed by atoms with Crippen LogP contribution in [0.2, 0.25) is 0 Å². The fourth-order valence-electron chi connectivity index (χ4n) is 2.97. The summed E-state index contributed by atoms with van der Waals surface area (Å²) in [6.07, 6.45) is 0. The van der Waals surface area contributed by atoms with Gasteiger partial charge in [-0.15, -0.1) is 0 Å². The number of carbonyl (C=O) groups excluding carboxylic acids is 1. The number of ether oxygens (including phenoxy) is 3. The molecule has 0 aliphatic carbocycles. The van der Waals surface area contributed by atoms with Crippen molar-refractivity contribution in [1.82, 2.24) is 4.57 Å². The number of methoxy groups -OCH3 is 1. The zero-order valence-corrected chi connectivity index (χ0v) is 15.3. The van der Waals surface area contributed by atoms with Gasteiger partial charge in [0.1, 0.15) is 24.5 Å². The van der Waals surface area contributed by atoms with E-state index in [0.717, 1.165) is 16.0 Å². The van der Waals surface area contributed by atoms with Crippen LogP contribution in [0.15, 0.2) is 41.4 Å². The molecule has 1 amide bonds. The smallest absolute Gasteiger partial charge is 0.279 e. The predicted octanol–water partition coefficient (Wildman–Crippen LogP) is 3.24. The lowest BCUT2D eigenvalue weighted by molar-refractivity contribution is 0.0996. The van der Waals surface area contributed by atoms with Crippen LogP contribution in [0.1, 0.15) is 17.3 Å². The topological polar surface area (TPSA) is 62.1 Å². The van der Waals surface area contributed by atoms with Gasteiger partial charge in [0, 0.05) is 12.1 Å². The van der Waals surface area contributed by atoms with Crippen molar-refractivity contribution in [2.45, 2.75) is 13.5 Å². The van der Waals surface area contributed by atoms with Crippen LogP contribution in [0.3, 0.4) is 0 Å². The normalized spacial score (nSPS) is 13.8. The largest absolute Gasteiger partial charge is 0.495 e. The van der Waals surface area contributed by atoms with Crippen molar-refractivity contribution in [3.05, 3.63) is 46.8 Å². The van der Waals surface area contributed by atoms with E-state index in [9.17, 15) is 4.79 Å². The molecule has 2 aromatic carbocycles. The van der Waals surface area contributed by atoms with Crippen molar-refractivity contribution < 1.29 is 19.0 Å². The highest BCUT2D eigenvalue weighted by Gasteiger charge is 2.16. The van der Waals surface area contributed by atoms with Gasteiger partial charge in [-0.1, -0.05) is 17.4 Å². The molecule has 0 bridgehead atoms. The van der Waals surface area contributed by atoms with Crippen LogP contribution in [0, 0.1) is 0 Å². The van der Waals surface area contributed by atoms with E-state index in [2.05, 4.69) is 4.99 Å². The van der Waals surface area contributed by atoms with E-state index in [1.54, 1.807) is 25.3 Å². The Morgan fingerprint density at radius 2 is 2.04 bits per heavy atom. The molecule has 0 atom stereocenters. The van der Waals surface area contributed by atoms with Gasteiger partial charge in [-0.2, -0.15) is 4.99 Å². The molecule has 0 fully saturated rings. The summed E-state index contributed by atoms with van der Waals surface area (Å²) in [4.78, 5) is 17.7. The molecule has 6 nitrogen and oxygen atoms in total. The van der Waals surface area contributed by atoms with Crippen LogP contribution >= 0.6 is 11.3 Å². The predicted molar refractivity (Wildman–Crippen MR) is 99.4 cm³/mol. The van der Waals surface area contributed by atoms with Gasteiger partial charge in [-0.05, 0) is 37.3 Å². The summed E-state index contributed by atoms with van der Waals surface area (Å²) in [5.41, 5.74) is 1.43. The Labute approximate surface area is 154 Å². The first-order valence-electron chi connectivity index (χ1n) is 8.36. The summed E-state index contributed by atoms with van der Waals surface area (Å²) in [6, 6.07) is 11.0. The first kappa shape index (κ1) is 16.7. The zero-order chi connectivity index (χ0) is 18.1. The molecule has 0 spiro atoms. The second kappa shape index (κ2) is 6.84. The monoisotopic (exact) mass is 370 g/mol. The molecule has 134 valence electrons. The molecule has 4 rings (SSSR count). The minimum atomic E-state index is -0.310. The van der Waals surface area contributed by atoms with Crippen molar-refractivity contribution in [3.8, 4) is 17.2 Å². The zero-order valence-electron chi connectivity index (χ0n) is 14.5. The molecular formula is C19H18N2O4S. The van der Waals surface area contributed by atoms with Crippen molar-refractivity contribution in [3.63, 3.8) is 0 Å². The highest BCUT2D eigenvalue weighted by molar-refractivity contribution is 7.16. The fourth-order valence-corrected chi connectivity index (χ4v) is 4.08. The molecule has 2 heterocycles. The Bertz CT molecular complexity index is 1050. The van der Waals surface area contributed by atoms with Crippen molar-refractivity contribution in [2.75, 3.05) is 20.3 Å². The van der Waals surface area contributed by atoms with Crippen LogP contribution < -0.4 is 19.0 Å². The van der Waals surface area contributed by atoms with Crippen LogP contribution in [0.4, 0.5) is 0 Å². The number of aromatic nitrogens is 1. The minimum absolute atomic E-state index is 0.310. The Hall–Kier alpha value is -2.80. The number of hydrogen-bond acceptors (Lipinski definition) is 5. The van der Waals surface area contributed by atoms with E-state index in [4.69, 9.17) is 14.2 Å². The van der Waals surface area contributed by atoms with Gasteiger partial charge in [0.2, 0.25) is 0 Å². The number of para-hydroxylation sites is 1. The summed E-state index contributed by atoms with van der Waals surface area (Å²) < 4.78 is 19.5. The first-order valence-corrected chi connectivity index (χ1v) is 9.18. The Morgan fingerprint density at radius 3 is 2.81 bits per heavy atom. The van der Waals surface area contributed by atoms with E-state index in [0.29, 0.717) is 41.6 Å². The first-order chi connectivity index (χ1) is 12.7. The molecule has 0 saturated heterocycles. The highest BCUT2D eigenvalue weighted by atomic mass is 32.1. The van der Waals surface area contributed by atoms with Crippen molar-refractivity contribution in [1.29, 1.82) is 0 Å². The third-order valence-electron chi connectivity index (χ3n) is 4.19. The molecule has 0 radical (unpaired) electrons. The average molecular weight is 370 g/mol. The fraction of sp³-hybridized carbons (Fsp3) is 0.263. The minimum Gasteiger partial charge on any atom is -0.495 e. The highest BCUT2D eigenvalue weighted by Crippen LogP contribution is 2.31. The van der Waals surface area contributed by atoms with Crippen LogP contribution in [-0.4, -0.2) is 30.8 Å². The molecule has 0 saturated carbocycles. The van der Waals surface area contributed by atoms with Gasteiger partial charge in [0.05, 0.1) is 11.8 Å². The van der Waals surface area contributed by atoms with Gasteiger partial charge in [-0.3, -0.25) is 4.79 Å². The second-order valence-electron chi connectivity index (χ2n) is 5.71. The molecule has 1 aromatic heterocycles. The lowest BCUT2D eigenvalue weighted by Gasteiger charge is -2.18. The second-order valence-corrected chi connectivity index (χ2v) is 6.72. The van der Waals surface area contributed by atoms with E-state index in [1.165, 1.54) is 11.3 Å². The van der Waals surface area contributed by atoms with Crippen molar-refractivity contribution >= 4 is 27.5 Å². The number of nitrogens with zero attached hydrogens (tertiary/aromatic N) is 2. The lowest BCUT2D eigenvalue weighted by Crippen LogP contribution is -2.17. The standard InChI is InChI=1S/C19H18N2O4S/c1-3-21-17-14(23-2)5-4-6-16(17)26-19(21)20-18(22)12-7-8-13-15(11-12)25-10-9-24-13/h4-8,11H,3,9-10H2,1-2H3. The molecule has 1 aliphatic rings. The number of carbonyl (C=O) groups is 1. The summed E-state index contributed by atoms with van der Waals surface area (Å²) >= 11 is 1.47. The molecule has 0 unspecified atom stereocenters. The van der Waals surface area contributed by atoms with E-state index in [-0.39, 0.29) is 5.91 Å². The Morgan fingerprint density at radius 1 is 1.23 bits per heavy atom. The van der Waals surface area contributed by atoms with Gasteiger partial charge < -0.3 is 18.8 Å². The molecule has 3 aromatic rings.